The first kappa shape index (κ1) is 23.7. The quantitative estimate of drug-likeness (QED) is 0.263. The van der Waals surface area contributed by atoms with Crippen LogP contribution >= 0.6 is 0 Å². The zero-order valence-electron chi connectivity index (χ0n) is 18.0. The van der Waals surface area contributed by atoms with Crippen molar-refractivity contribution in [3.8, 4) is 11.5 Å². The average molecular weight is 471 g/mol. The van der Waals surface area contributed by atoms with Crippen molar-refractivity contribution in [1.29, 1.82) is 0 Å². The van der Waals surface area contributed by atoms with E-state index in [1.54, 1.807) is 31.2 Å². The van der Waals surface area contributed by atoms with Crippen LogP contribution in [0.15, 0.2) is 59.5 Å². The maximum Gasteiger partial charge on any atom is 0.339 e. The van der Waals surface area contributed by atoms with Crippen molar-refractivity contribution < 1.29 is 31.7 Å². The summed E-state index contributed by atoms with van der Waals surface area (Å²) in [5.41, 5.74) is 1.38. The molecule has 0 saturated carbocycles. The standard InChI is InChI=1S/C23H22N2O7S/c1-4-6-16-11-15(12-18-21(26)24-23(28)25-22(18)27)13-19(31-5-2)20(16)32-33(29,30)17-9-7-14(3)8-10-17/h4,7-13H,1,5-6H2,2-3H3,(H2,24,25,26,27,28). The van der Waals surface area contributed by atoms with E-state index in [2.05, 4.69) is 6.58 Å². The van der Waals surface area contributed by atoms with Crippen LogP contribution in [-0.2, 0) is 26.1 Å². The summed E-state index contributed by atoms with van der Waals surface area (Å²) in [5.74, 6) is -1.62. The monoisotopic (exact) mass is 470 g/mol. The molecule has 33 heavy (non-hydrogen) atoms. The highest BCUT2D eigenvalue weighted by Crippen LogP contribution is 2.36. The molecule has 0 unspecified atom stereocenters. The molecule has 3 rings (SSSR count). The van der Waals surface area contributed by atoms with Gasteiger partial charge in [0.2, 0.25) is 0 Å². The Kier molecular flexibility index (Phi) is 6.98. The zero-order chi connectivity index (χ0) is 24.2. The van der Waals surface area contributed by atoms with Crippen LogP contribution in [0.1, 0.15) is 23.6 Å². The number of amides is 4. The summed E-state index contributed by atoms with van der Waals surface area (Å²) in [4.78, 5) is 35.4. The fraction of sp³-hybridized carbons (Fsp3) is 0.174. The third kappa shape index (κ3) is 5.47. The van der Waals surface area contributed by atoms with Gasteiger partial charge in [0.05, 0.1) is 6.61 Å². The molecule has 0 aromatic heterocycles. The molecule has 0 radical (unpaired) electrons. The number of hydrogen-bond acceptors (Lipinski definition) is 7. The number of nitrogens with one attached hydrogen (secondary N) is 2. The van der Waals surface area contributed by atoms with Gasteiger partial charge in [-0.25, -0.2) is 4.79 Å². The Morgan fingerprint density at radius 2 is 1.67 bits per heavy atom. The van der Waals surface area contributed by atoms with Crippen LogP contribution in [0.25, 0.3) is 6.08 Å². The highest BCUT2D eigenvalue weighted by molar-refractivity contribution is 7.87. The predicted molar refractivity (Wildman–Crippen MR) is 120 cm³/mol. The third-order valence-electron chi connectivity index (χ3n) is 4.58. The van der Waals surface area contributed by atoms with E-state index in [0.29, 0.717) is 11.1 Å². The first-order chi connectivity index (χ1) is 15.6. The number of hydrogen-bond donors (Lipinski definition) is 2. The zero-order valence-corrected chi connectivity index (χ0v) is 18.8. The van der Waals surface area contributed by atoms with Crippen LogP contribution in [0.5, 0.6) is 11.5 Å². The minimum Gasteiger partial charge on any atom is -0.490 e. The van der Waals surface area contributed by atoms with Crippen LogP contribution in [0.2, 0.25) is 0 Å². The molecule has 1 saturated heterocycles. The lowest BCUT2D eigenvalue weighted by atomic mass is 10.0. The van der Waals surface area contributed by atoms with E-state index in [1.165, 1.54) is 24.3 Å². The first-order valence-electron chi connectivity index (χ1n) is 9.94. The Bertz CT molecular complexity index is 1240. The topological polar surface area (TPSA) is 128 Å². The van der Waals surface area contributed by atoms with E-state index < -0.39 is 28.0 Å². The van der Waals surface area contributed by atoms with Gasteiger partial charge in [-0.15, -0.1) is 6.58 Å². The number of urea groups is 1. The summed E-state index contributed by atoms with van der Waals surface area (Å²) in [7, 11) is -4.17. The van der Waals surface area contributed by atoms with Gasteiger partial charge in [-0.3, -0.25) is 20.2 Å². The highest BCUT2D eigenvalue weighted by atomic mass is 32.2. The fourth-order valence-electron chi connectivity index (χ4n) is 3.07. The minimum absolute atomic E-state index is 0.0211. The molecule has 2 N–H and O–H groups in total. The van der Waals surface area contributed by atoms with Gasteiger partial charge < -0.3 is 8.92 Å². The second-order valence-corrected chi connectivity index (χ2v) is 8.63. The lowest BCUT2D eigenvalue weighted by Crippen LogP contribution is -2.51. The number of benzene rings is 2. The van der Waals surface area contributed by atoms with Crippen molar-refractivity contribution in [1.82, 2.24) is 10.6 Å². The van der Waals surface area contributed by atoms with E-state index >= 15 is 0 Å². The second kappa shape index (κ2) is 9.70. The molecule has 2 aromatic rings. The molecule has 0 aliphatic carbocycles. The van der Waals surface area contributed by atoms with Gasteiger partial charge in [0, 0.05) is 5.56 Å². The largest absolute Gasteiger partial charge is 0.490 e. The van der Waals surface area contributed by atoms with E-state index in [4.69, 9.17) is 8.92 Å². The number of ether oxygens (including phenoxy) is 1. The van der Waals surface area contributed by atoms with Gasteiger partial charge in [0.1, 0.15) is 10.5 Å². The Labute approximate surface area is 191 Å². The van der Waals surface area contributed by atoms with Gasteiger partial charge >= 0.3 is 16.1 Å². The molecule has 0 spiro atoms. The van der Waals surface area contributed by atoms with Crippen LogP contribution in [0, 0.1) is 6.92 Å². The van der Waals surface area contributed by atoms with Gasteiger partial charge in [0.15, 0.2) is 11.5 Å². The molecule has 4 amide bonds. The molecule has 9 nitrogen and oxygen atoms in total. The minimum atomic E-state index is -4.17. The smallest absolute Gasteiger partial charge is 0.339 e. The lowest BCUT2D eigenvalue weighted by molar-refractivity contribution is -0.123. The van der Waals surface area contributed by atoms with Crippen LogP contribution in [0.3, 0.4) is 0 Å². The first-order valence-corrected chi connectivity index (χ1v) is 11.4. The van der Waals surface area contributed by atoms with Crippen molar-refractivity contribution in [2.24, 2.45) is 0 Å². The van der Waals surface area contributed by atoms with Crippen LogP contribution < -0.4 is 19.6 Å². The normalized spacial score (nSPS) is 13.8. The average Bonchev–Trinajstić information content (AvgIpc) is 2.73. The van der Waals surface area contributed by atoms with Gasteiger partial charge in [0.25, 0.3) is 11.8 Å². The van der Waals surface area contributed by atoms with Crippen molar-refractivity contribution in [3.05, 3.63) is 71.3 Å². The van der Waals surface area contributed by atoms with Gasteiger partial charge in [-0.05, 0) is 56.2 Å². The lowest BCUT2D eigenvalue weighted by Gasteiger charge is -2.17. The maximum absolute atomic E-state index is 12.9. The molecule has 2 aromatic carbocycles. The molecule has 1 aliphatic rings. The number of aryl methyl sites for hydroxylation is 1. The molecular weight excluding hydrogens is 448 g/mol. The Balaban J connectivity index is 2.09. The summed E-state index contributed by atoms with van der Waals surface area (Å²) >= 11 is 0. The van der Waals surface area contributed by atoms with E-state index in [-0.39, 0.29) is 35.0 Å². The fourth-order valence-corrected chi connectivity index (χ4v) is 4.04. The van der Waals surface area contributed by atoms with Gasteiger partial charge in [-0.1, -0.05) is 23.8 Å². The number of carbonyl (C=O) groups excluding carboxylic acids is 3. The van der Waals surface area contributed by atoms with E-state index in [9.17, 15) is 22.8 Å². The summed E-state index contributed by atoms with van der Waals surface area (Å²) in [6.45, 7) is 7.43. The Morgan fingerprint density at radius 3 is 2.24 bits per heavy atom. The molecule has 10 heteroatoms. The van der Waals surface area contributed by atoms with Crippen LogP contribution in [-0.4, -0.2) is 32.9 Å². The molecule has 0 bridgehead atoms. The Hall–Kier alpha value is -3.92. The predicted octanol–water partition coefficient (Wildman–Crippen LogP) is 2.64. The second-order valence-electron chi connectivity index (χ2n) is 7.08. The van der Waals surface area contributed by atoms with Crippen LogP contribution in [0.4, 0.5) is 4.79 Å². The van der Waals surface area contributed by atoms with Gasteiger partial charge in [-0.2, -0.15) is 8.42 Å². The van der Waals surface area contributed by atoms with Crippen molar-refractivity contribution in [3.63, 3.8) is 0 Å². The molecule has 172 valence electrons. The van der Waals surface area contributed by atoms with Crippen molar-refractivity contribution in [2.75, 3.05) is 6.61 Å². The summed E-state index contributed by atoms with van der Waals surface area (Å²) in [6.07, 6.45) is 3.03. The molecule has 1 aliphatic heterocycles. The number of carbonyl (C=O) groups is 3. The molecular formula is C23H22N2O7S. The SMILES string of the molecule is C=CCc1cc(C=C2C(=O)NC(=O)NC2=O)cc(OCC)c1OS(=O)(=O)c1ccc(C)cc1. The summed E-state index contributed by atoms with van der Waals surface area (Å²) < 4.78 is 36.9. The molecule has 1 heterocycles. The maximum atomic E-state index is 12.9. The molecule has 0 atom stereocenters. The van der Waals surface area contributed by atoms with E-state index in [1.807, 2.05) is 17.6 Å². The summed E-state index contributed by atoms with van der Waals surface area (Å²) in [6, 6.07) is 8.29. The molecule has 1 fully saturated rings. The summed E-state index contributed by atoms with van der Waals surface area (Å²) in [5, 5.41) is 3.99. The van der Waals surface area contributed by atoms with E-state index in [0.717, 1.165) is 5.56 Å². The Morgan fingerprint density at radius 1 is 1.03 bits per heavy atom. The highest BCUT2D eigenvalue weighted by Gasteiger charge is 2.28. The van der Waals surface area contributed by atoms with Crippen molar-refractivity contribution in [2.45, 2.75) is 25.2 Å². The number of barbiturate groups is 1. The number of rotatable bonds is 8. The third-order valence-corrected chi connectivity index (χ3v) is 5.81. The van der Waals surface area contributed by atoms with Crippen molar-refractivity contribution >= 4 is 34.0 Å². The number of imide groups is 2. The number of allylic oxidation sites excluding steroid dienone is 1.